The Kier molecular flexibility index (Phi) is 5.70. The Morgan fingerprint density at radius 2 is 1.24 bits per heavy atom. The van der Waals surface area contributed by atoms with Crippen LogP contribution in [0.25, 0.3) is 10.8 Å². The molecule has 4 amide bonds. The highest BCUT2D eigenvalue weighted by atomic mass is 35.5. The van der Waals surface area contributed by atoms with E-state index in [2.05, 4.69) is 5.32 Å². The molecule has 6 rings (SSSR count). The summed E-state index contributed by atoms with van der Waals surface area (Å²) in [6.07, 6.45) is 0. The van der Waals surface area contributed by atoms with Crippen LogP contribution in [0.2, 0.25) is 10.0 Å². The van der Waals surface area contributed by atoms with Gasteiger partial charge >= 0.3 is 6.03 Å². The van der Waals surface area contributed by atoms with E-state index >= 15 is 0 Å². The Morgan fingerprint density at radius 1 is 0.684 bits per heavy atom. The van der Waals surface area contributed by atoms with E-state index in [4.69, 9.17) is 23.2 Å². The summed E-state index contributed by atoms with van der Waals surface area (Å²) in [7, 11) is 2.80. The zero-order valence-corrected chi connectivity index (χ0v) is 22.1. The average molecular weight is 544 g/mol. The van der Waals surface area contributed by atoms with Gasteiger partial charge in [0, 0.05) is 41.1 Å². The molecule has 6 nitrogen and oxygen atoms in total. The van der Waals surface area contributed by atoms with Crippen molar-refractivity contribution in [2.75, 3.05) is 19.4 Å². The van der Waals surface area contributed by atoms with Crippen molar-refractivity contribution in [2.24, 2.45) is 5.41 Å². The number of imide groups is 2. The summed E-state index contributed by atoms with van der Waals surface area (Å²) in [6.45, 7) is 0. The molecule has 2 atom stereocenters. The minimum Gasteiger partial charge on any atom is -0.376 e. The van der Waals surface area contributed by atoms with Crippen LogP contribution in [0.1, 0.15) is 28.7 Å². The molecule has 4 aromatic rings. The fraction of sp³-hybridized carbons (Fsp3) is 0.167. The largest absolute Gasteiger partial charge is 0.376 e. The van der Waals surface area contributed by atoms with Crippen molar-refractivity contribution in [3.05, 3.63) is 112 Å². The maximum Gasteiger partial charge on any atom is 0.332 e. The quantitative estimate of drug-likeness (QED) is 0.293. The molecule has 0 aromatic heterocycles. The van der Waals surface area contributed by atoms with Crippen LogP contribution in [0, 0.1) is 5.41 Å². The lowest BCUT2D eigenvalue weighted by atomic mass is 9.58. The van der Waals surface area contributed by atoms with Crippen molar-refractivity contribution in [1.82, 2.24) is 9.80 Å². The highest BCUT2D eigenvalue weighted by molar-refractivity contribution is 6.32. The number of barbiturate groups is 1. The molecule has 38 heavy (non-hydrogen) atoms. The number of benzene rings is 4. The minimum atomic E-state index is -1.80. The van der Waals surface area contributed by atoms with Crippen LogP contribution < -0.4 is 5.32 Å². The standard InChI is InChI=1S/C30H23Cl2N3O3/c1-34-27(36)30(28(37)35(2)29(34)38)24(19-11-5-7-13-22(19)31)21-16-15-17-9-3-4-10-18(17)25(21)33-26(30)20-12-6-8-14-23(20)32/h3-16,24,26,33H,1-2H3. The fourth-order valence-corrected chi connectivity index (χ4v) is 6.54. The van der Waals surface area contributed by atoms with Gasteiger partial charge in [-0.2, -0.15) is 0 Å². The lowest BCUT2D eigenvalue weighted by Gasteiger charge is -2.53. The molecule has 1 saturated heterocycles. The Labute approximate surface area is 229 Å². The number of halogens is 2. The van der Waals surface area contributed by atoms with Crippen LogP contribution in [0.15, 0.2) is 84.9 Å². The van der Waals surface area contributed by atoms with Gasteiger partial charge in [-0.15, -0.1) is 0 Å². The molecule has 190 valence electrons. The summed E-state index contributed by atoms with van der Waals surface area (Å²) in [5.41, 5.74) is 0.900. The number of nitrogens with zero attached hydrogens (tertiary/aromatic N) is 2. The predicted octanol–water partition coefficient (Wildman–Crippen LogP) is 6.48. The molecule has 8 heteroatoms. The van der Waals surface area contributed by atoms with E-state index in [1.54, 1.807) is 30.3 Å². The van der Waals surface area contributed by atoms with Gasteiger partial charge in [-0.3, -0.25) is 19.4 Å². The van der Waals surface area contributed by atoms with Gasteiger partial charge in [0.25, 0.3) is 0 Å². The van der Waals surface area contributed by atoms with Crippen LogP contribution in [0.4, 0.5) is 10.5 Å². The van der Waals surface area contributed by atoms with E-state index in [0.29, 0.717) is 21.2 Å². The minimum absolute atomic E-state index is 0.397. The van der Waals surface area contributed by atoms with Crippen LogP contribution in [0.5, 0.6) is 0 Å². The highest BCUT2D eigenvalue weighted by Gasteiger charge is 2.67. The van der Waals surface area contributed by atoms with Crippen LogP contribution in [0.3, 0.4) is 0 Å². The Morgan fingerprint density at radius 3 is 1.87 bits per heavy atom. The van der Waals surface area contributed by atoms with Crippen LogP contribution >= 0.6 is 23.2 Å². The van der Waals surface area contributed by atoms with Crippen molar-refractivity contribution in [1.29, 1.82) is 0 Å². The van der Waals surface area contributed by atoms with Gasteiger partial charge in [0.05, 0.1) is 6.04 Å². The smallest absolute Gasteiger partial charge is 0.332 e. The van der Waals surface area contributed by atoms with Crippen molar-refractivity contribution in [3.63, 3.8) is 0 Å². The molecular weight excluding hydrogens is 521 g/mol. The molecule has 0 radical (unpaired) electrons. The lowest BCUT2D eigenvalue weighted by Crippen LogP contribution is -2.68. The maximum absolute atomic E-state index is 14.5. The molecule has 1 spiro atoms. The summed E-state index contributed by atoms with van der Waals surface area (Å²) in [6, 6.07) is 24.6. The van der Waals surface area contributed by atoms with Gasteiger partial charge < -0.3 is 5.32 Å². The second kappa shape index (κ2) is 8.86. The summed E-state index contributed by atoms with van der Waals surface area (Å²) in [4.78, 5) is 43.9. The zero-order chi connectivity index (χ0) is 26.8. The topological polar surface area (TPSA) is 69.7 Å². The fourth-order valence-electron chi connectivity index (χ4n) is 6.05. The summed E-state index contributed by atoms with van der Waals surface area (Å²) >= 11 is 13.5. The number of nitrogens with one attached hydrogen (secondary N) is 1. The normalized spacial score (nSPS) is 20.6. The molecule has 2 aliphatic rings. The van der Waals surface area contributed by atoms with Gasteiger partial charge in [0.2, 0.25) is 11.8 Å². The first-order chi connectivity index (χ1) is 18.3. The Balaban J connectivity index is 1.79. The summed E-state index contributed by atoms with van der Waals surface area (Å²) in [5, 5.41) is 6.30. The highest BCUT2D eigenvalue weighted by Crippen LogP contribution is 2.60. The molecule has 1 fully saturated rings. The number of urea groups is 1. The predicted molar refractivity (Wildman–Crippen MR) is 148 cm³/mol. The van der Waals surface area contributed by atoms with E-state index in [9.17, 15) is 14.4 Å². The van der Waals surface area contributed by atoms with E-state index in [1.165, 1.54) is 14.1 Å². The molecule has 1 N–H and O–H groups in total. The van der Waals surface area contributed by atoms with Gasteiger partial charge in [-0.1, -0.05) is 96.0 Å². The molecule has 4 aromatic carbocycles. The number of fused-ring (bicyclic) bond motifs is 3. The van der Waals surface area contributed by atoms with E-state index < -0.39 is 35.2 Å². The number of hydrogen-bond donors (Lipinski definition) is 1. The van der Waals surface area contributed by atoms with Crippen molar-refractivity contribution >= 4 is 57.5 Å². The molecule has 2 heterocycles. The molecule has 0 aliphatic carbocycles. The first-order valence-corrected chi connectivity index (χ1v) is 12.9. The Hall–Kier alpha value is -3.87. The van der Waals surface area contributed by atoms with Gasteiger partial charge in [-0.25, -0.2) is 4.79 Å². The van der Waals surface area contributed by atoms with Crippen LogP contribution in [-0.4, -0.2) is 41.7 Å². The molecule has 0 saturated carbocycles. The number of carbonyl (C=O) groups excluding carboxylic acids is 3. The third kappa shape index (κ3) is 3.23. The lowest BCUT2D eigenvalue weighted by molar-refractivity contribution is -0.160. The molecule has 2 unspecified atom stereocenters. The Bertz CT molecular complexity index is 1630. The summed E-state index contributed by atoms with van der Waals surface area (Å²) < 4.78 is 0. The summed E-state index contributed by atoms with van der Waals surface area (Å²) in [5.74, 6) is -2.06. The van der Waals surface area contributed by atoms with Gasteiger partial charge in [-0.05, 0) is 34.2 Å². The third-order valence-corrected chi connectivity index (χ3v) is 8.48. The molecule has 0 bridgehead atoms. The monoisotopic (exact) mass is 543 g/mol. The second-order valence-corrected chi connectivity index (χ2v) is 10.5. The van der Waals surface area contributed by atoms with Crippen molar-refractivity contribution < 1.29 is 14.4 Å². The average Bonchev–Trinajstić information content (AvgIpc) is 2.94. The number of amides is 4. The van der Waals surface area contributed by atoms with Crippen molar-refractivity contribution in [3.8, 4) is 0 Å². The third-order valence-electron chi connectivity index (χ3n) is 7.79. The van der Waals surface area contributed by atoms with Crippen molar-refractivity contribution in [2.45, 2.75) is 12.0 Å². The second-order valence-electron chi connectivity index (χ2n) is 9.68. The number of carbonyl (C=O) groups is 3. The molecule has 2 aliphatic heterocycles. The zero-order valence-electron chi connectivity index (χ0n) is 20.6. The molecular formula is C30H23Cl2N3O3. The SMILES string of the molecule is CN1C(=O)N(C)C(=O)C2(C1=O)C(c1ccccc1Cl)Nc1c(ccc3ccccc13)C2c1ccccc1Cl. The number of rotatable bonds is 2. The van der Waals surface area contributed by atoms with Gasteiger partial charge in [0.1, 0.15) is 0 Å². The number of anilines is 1. The first-order valence-electron chi connectivity index (χ1n) is 12.2. The first kappa shape index (κ1) is 24.5. The van der Waals surface area contributed by atoms with Crippen LogP contribution in [-0.2, 0) is 9.59 Å². The maximum atomic E-state index is 14.5. The van der Waals surface area contributed by atoms with E-state index in [1.807, 2.05) is 54.6 Å². The number of hydrogen-bond acceptors (Lipinski definition) is 4. The van der Waals surface area contributed by atoms with E-state index in [-0.39, 0.29) is 0 Å². The van der Waals surface area contributed by atoms with Gasteiger partial charge in [0.15, 0.2) is 5.41 Å². The van der Waals surface area contributed by atoms with E-state index in [0.717, 1.165) is 31.8 Å².